The van der Waals surface area contributed by atoms with Gasteiger partial charge in [-0.1, -0.05) is 18.2 Å². The first-order valence-corrected chi connectivity index (χ1v) is 6.53. The van der Waals surface area contributed by atoms with Crippen LogP contribution in [0.3, 0.4) is 0 Å². The average molecular weight is 273 g/mol. The summed E-state index contributed by atoms with van der Waals surface area (Å²) in [5, 5.41) is 0. The Morgan fingerprint density at radius 1 is 1.17 bits per heavy atom. The monoisotopic (exact) mass is 273 g/mol. The Morgan fingerprint density at radius 3 is 2.39 bits per heavy atom. The summed E-state index contributed by atoms with van der Waals surface area (Å²) in [5.74, 6) is 0. The number of rotatable bonds is 3. The van der Waals surface area contributed by atoms with E-state index >= 15 is 0 Å². The molecule has 2 rings (SSSR count). The van der Waals surface area contributed by atoms with Crippen molar-refractivity contribution >= 4 is 10.1 Å². The van der Waals surface area contributed by atoms with Crippen molar-refractivity contribution in [3.63, 3.8) is 0 Å². The summed E-state index contributed by atoms with van der Waals surface area (Å²) in [7, 11) is -2.53. The van der Waals surface area contributed by atoms with Gasteiger partial charge in [0, 0.05) is 25.4 Å². The number of hydrogen-bond donors (Lipinski definition) is 0. The van der Waals surface area contributed by atoms with Crippen LogP contribution in [0.2, 0.25) is 0 Å². The molecule has 4 nitrogen and oxygen atoms in total. The molecule has 0 amide bonds. The second-order valence-electron chi connectivity index (χ2n) is 3.85. The Balaban J connectivity index is 0.00000162. The Hall–Kier alpha value is -0.590. The van der Waals surface area contributed by atoms with Crippen molar-refractivity contribution in [1.82, 2.24) is 4.57 Å². The van der Waals surface area contributed by atoms with Crippen molar-refractivity contribution in [2.24, 2.45) is 7.05 Å². The molecule has 0 aliphatic rings. The third-order valence-corrected chi connectivity index (χ3v) is 3.60. The Morgan fingerprint density at radius 2 is 1.83 bits per heavy atom. The first-order chi connectivity index (χ1) is 7.98. The van der Waals surface area contributed by atoms with Crippen LogP contribution < -0.4 is 29.6 Å². The van der Waals surface area contributed by atoms with E-state index in [9.17, 15) is 13.0 Å². The number of nitrogens with zero attached hydrogens (tertiary/aromatic N) is 1. The molecule has 0 unspecified atom stereocenters. The zero-order valence-electron chi connectivity index (χ0n) is 10.3. The quantitative estimate of drug-likeness (QED) is 0.506. The topological polar surface area (TPSA) is 62.1 Å². The predicted octanol–water partition coefficient (Wildman–Crippen LogP) is -1.48. The van der Waals surface area contributed by atoms with E-state index in [-0.39, 0.29) is 34.5 Å². The third-order valence-electron chi connectivity index (χ3n) is 2.66. The minimum absolute atomic E-state index is 0. The smallest absolute Gasteiger partial charge is 0.744 e. The van der Waals surface area contributed by atoms with Gasteiger partial charge in [0.25, 0.3) is 0 Å². The van der Waals surface area contributed by atoms with Crippen LogP contribution in [0.4, 0.5) is 0 Å². The van der Waals surface area contributed by atoms with Crippen LogP contribution in [0, 0.1) is 0 Å². The molecule has 0 spiro atoms. The summed E-state index contributed by atoms with van der Waals surface area (Å²) in [4.78, 5) is -0.138. The maximum absolute atomic E-state index is 11.1. The summed E-state index contributed by atoms with van der Waals surface area (Å²) < 4.78 is 35.2. The van der Waals surface area contributed by atoms with Crippen LogP contribution in [0.1, 0.15) is 11.3 Å². The third kappa shape index (κ3) is 3.46. The van der Waals surface area contributed by atoms with E-state index in [0.717, 1.165) is 5.69 Å². The molecule has 0 radical (unpaired) electrons. The van der Waals surface area contributed by atoms with Crippen LogP contribution in [0.25, 0.3) is 0 Å². The van der Waals surface area contributed by atoms with Crippen molar-refractivity contribution in [2.75, 3.05) is 0 Å². The molecule has 0 atom stereocenters. The van der Waals surface area contributed by atoms with Crippen molar-refractivity contribution in [3.8, 4) is 0 Å². The maximum Gasteiger partial charge on any atom is 1.00 e. The fourth-order valence-electron chi connectivity index (χ4n) is 1.77. The fourth-order valence-corrected chi connectivity index (χ4v) is 2.48. The Labute approximate surface area is 129 Å². The van der Waals surface area contributed by atoms with Crippen molar-refractivity contribution < 1.29 is 42.5 Å². The van der Waals surface area contributed by atoms with E-state index in [2.05, 4.69) is 0 Å². The standard InChI is InChI=1S/C12H13NO3S.Na/c1-13-8-4-6-11(13)9-10-5-2-3-7-12(10)17(14,15)16;/h2-8H,9H2,1H3,(H,14,15,16);/q;+1/p-1. The molecule has 0 aliphatic heterocycles. The normalized spacial score (nSPS) is 11.0. The van der Waals surface area contributed by atoms with Crippen molar-refractivity contribution in [1.29, 1.82) is 0 Å². The molecule has 2 aromatic rings. The van der Waals surface area contributed by atoms with Gasteiger partial charge in [0.2, 0.25) is 0 Å². The molecular weight excluding hydrogens is 261 g/mol. The summed E-state index contributed by atoms with van der Waals surface area (Å²) in [6.45, 7) is 0. The first-order valence-electron chi connectivity index (χ1n) is 5.12. The van der Waals surface area contributed by atoms with Gasteiger partial charge < -0.3 is 9.12 Å². The summed E-state index contributed by atoms with van der Waals surface area (Å²) in [5.41, 5.74) is 1.49. The summed E-state index contributed by atoms with van der Waals surface area (Å²) in [6.07, 6.45) is 2.31. The van der Waals surface area contributed by atoms with Crippen LogP contribution in [-0.4, -0.2) is 17.5 Å². The van der Waals surface area contributed by atoms with E-state index in [1.165, 1.54) is 6.07 Å². The maximum atomic E-state index is 11.1. The molecule has 1 aromatic carbocycles. The minimum atomic E-state index is -4.41. The number of aryl methyl sites for hydroxylation is 1. The van der Waals surface area contributed by atoms with Gasteiger partial charge in [-0.25, -0.2) is 8.42 Å². The van der Waals surface area contributed by atoms with E-state index in [1.54, 1.807) is 18.2 Å². The molecule has 18 heavy (non-hydrogen) atoms. The molecule has 0 bridgehead atoms. The molecule has 0 saturated heterocycles. The van der Waals surface area contributed by atoms with E-state index in [0.29, 0.717) is 12.0 Å². The summed E-state index contributed by atoms with van der Waals surface area (Å²) >= 11 is 0. The van der Waals surface area contributed by atoms with E-state index in [4.69, 9.17) is 0 Å². The van der Waals surface area contributed by atoms with Gasteiger partial charge in [0.1, 0.15) is 10.1 Å². The van der Waals surface area contributed by atoms with E-state index < -0.39 is 10.1 Å². The fraction of sp³-hybridized carbons (Fsp3) is 0.167. The number of hydrogen-bond acceptors (Lipinski definition) is 3. The summed E-state index contributed by atoms with van der Waals surface area (Å²) in [6, 6.07) is 10.1. The predicted molar refractivity (Wildman–Crippen MR) is 62.6 cm³/mol. The van der Waals surface area contributed by atoms with Gasteiger partial charge in [-0.05, 0) is 23.8 Å². The van der Waals surface area contributed by atoms with Gasteiger partial charge in [-0.3, -0.25) is 0 Å². The molecule has 90 valence electrons. The van der Waals surface area contributed by atoms with Crippen LogP contribution >= 0.6 is 0 Å². The van der Waals surface area contributed by atoms with Crippen LogP contribution in [-0.2, 0) is 23.6 Å². The van der Waals surface area contributed by atoms with Gasteiger partial charge >= 0.3 is 29.6 Å². The molecule has 0 N–H and O–H groups in total. The molecule has 1 heterocycles. The SMILES string of the molecule is Cn1cccc1Cc1ccccc1S(=O)(=O)[O-].[Na+]. The van der Waals surface area contributed by atoms with Crippen LogP contribution in [0.15, 0.2) is 47.5 Å². The average Bonchev–Trinajstić information content (AvgIpc) is 2.64. The molecule has 0 fully saturated rings. The van der Waals surface area contributed by atoms with Gasteiger partial charge in [0.15, 0.2) is 0 Å². The Bertz CT molecular complexity index is 634. The second kappa shape index (κ2) is 6.04. The Kier molecular flexibility index (Phi) is 5.19. The van der Waals surface area contributed by atoms with E-state index in [1.807, 2.05) is 29.9 Å². The van der Waals surface area contributed by atoms with Gasteiger partial charge in [-0.2, -0.15) is 0 Å². The first kappa shape index (κ1) is 15.5. The second-order valence-corrected chi connectivity index (χ2v) is 5.20. The molecule has 1 aromatic heterocycles. The van der Waals surface area contributed by atoms with Gasteiger partial charge in [-0.15, -0.1) is 0 Å². The van der Waals surface area contributed by atoms with Crippen molar-refractivity contribution in [2.45, 2.75) is 11.3 Å². The molecular formula is C12H12NNaO3S. The molecule has 0 aliphatic carbocycles. The number of aromatic nitrogens is 1. The van der Waals surface area contributed by atoms with Crippen LogP contribution in [0.5, 0.6) is 0 Å². The zero-order valence-corrected chi connectivity index (χ0v) is 13.1. The molecule has 6 heteroatoms. The van der Waals surface area contributed by atoms with Gasteiger partial charge in [0.05, 0.1) is 4.90 Å². The minimum Gasteiger partial charge on any atom is -0.744 e. The molecule has 0 saturated carbocycles. The number of benzene rings is 1. The van der Waals surface area contributed by atoms with Crippen molar-refractivity contribution in [3.05, 3.63) is 53.9 Å². The zero-order chi connectivity index (χ0) is 12.5. The largest absolute Gasteiger partial charge is 1.00 e.